The fraction of sp³-hybridized carbons (Fsp3) is 0.917. The highest BCUT2D eigenvalue weighted by Crippen LogP contribution is 2.25. The standard InChI is InChI=1S/C12H23N3O2/c1-12(11(16)17)7-10(8-13-12)9-15-5-3-14(2)4-6-15/h10,13H,3-9H2,1-2H3,(H,16,17). The van der Waals surface area contributed by atoms with Gasteiger partial charge in [0.25, 0.3) is 0 Å². The molecule has 0 aromatic heterocycles. The monoisotopic (exact) mass is 241 g/mol. The minimum absolute atomic E-state index is 0.472. The molecule has 2 heterocycles. The first kappa shape index (κ1) is 12.8. The van der Waals surface area contributed by atoms with Crippen LogP contribution in [-0.4, -0.2) is 72.7 Å². The summed E-state index contributed by atoms with van der Waals surface area (Å²) >= 11 is 0. The van der Waals surface area contributed by atoms with Gasteiger partial charge in [-0.2, -0.15) is 0 Å². The average Bonchev–Trinajstić information content (AvgIpc) is 2.65. The van der Waals surface area contributed by atoms with Gasteiger partial charge in [0, 0.05) is 39.3 Å². The Kier molecular flexibility index (Phi) is 3.70. The number of hydrogen-bond acceptors (Lipinski definition) is 4. The zero-order valence-corrected chi connectivity index (χ0v) is 10.8. The molecule has 0 amide bonds. The number of carbonyl (C=O) groups is 1. The smallest absolute Gasteiger partial charge is 0.323 e. The number of carboxylic acid groups (broad SMARTS) is 1. The Morgan fingerprint density at radius 3 is 2.59 bits per heavy atom. The van der Waals surface area contributed by atoms with Crippen molar-refractivity contribution >= 4 is 5.97 Å². The van der Waals surface area contributed by atoms with Crippen LogP contribution >= 0.6 is 0 Å². The van der Waals surface area contributed by atoms with Gasteiger partial charge in [0.1, 0.15) is 5.54 Å². The molecule has 2 rings (SSSR count). The van der Waals surface area contributed by atoms with Crippen LogP contribution in [0.1, 0.15) is 13.3 Å². The minimum atomic E-state index is -0.724. The topological polar surface area (TPSA) is 55.8 Å². The van der Waals surface area contributed by atoms with Crippen molar-refractivity contribution in [3.8, 4) is 0 Å². The Hall–Kier alpha value is -0.650. The van der Waals surface area contributed by atoms with E-state index in [0.29, 0.717) is 5.92 Å². The molecule has 2 saturated heterocycles. The number of carboxylic acids is 1. The molecule has 2 N–H and O–H groups in total. The molecule has 0 spiro atoms. The van der Waals surface area contributed by atoms with E-state index >= 15 is 0 Å². The van der Waals surface area contributed by atoms with Gasteiger partial charge in [0.05, 0.1) is 0 Å². The molecule has 2 aliphatic heterocycles. The summed E-state index contributed by atoms with van der Waals surface area (Å²) in [6, 6.07) is 0. The van der Waals surface area contributed by atoms with Crippen molar-refractivity contribution in [2.75, 3.05) is 46.3 Å². The molecule has 5 heteroatoms. The second kappa shape index (κ2) is 4.92. The zero-order valence-electron chi connectivity index (χ0n) is 10.8. The summed E-state index contributed by atoms with van der Waals surface area (Å²) in [4.78, 5) is 15.9. The molecule has 2 unspecified atom stereocenters. The number of nitrogens with zero attached hydrogens (tertiary/aromatic N) is 2. The van der Waals surface area contributed by atoms with Gasteiger partial charge < -0.3 is 20.2 Å². The fourth-order valence-corrected chi connectivity index (χ4v) is 2.78. The summed E-state index contributed by atoms with van der Waals surface area (Å²) in [5.74, 6) is -0.252. The number of nitrogens with one attached hydrogen (secondary N) is 1. The number of rotatable bonds is 3. The summed E-state index contributed by atoms with van der Waals surface area (Å²) in [5.41, 5.74) is -0.711. The van der Waals surface area contributed by atoms with Gasteiger partial charge >= 0.3 is 5.97 Å². The average molecular weight is 241 g/mol. The fourth-order valence-electron chi connectivity index (χ4n) is 2.78. The lowest BCUT2D eigenvalue weighted by molar-refractivity contribution is -0.143. The summed E-state index contributed by atoms with van der Waals surface area (Å²) in [6.07, 6.45) is 0.745. The van der Waals surface area contributed by atoms with Gasteiger partial charge in [-0.05, 0) is 26.3 Å². The van der Waals surface area contributed by atoms with E-state index in [1.54, 1.807) is 6.92 Å². The minimum Gasteiger partial charge on any atom is -0.480 e. The van der Waals surface area contributed by atoms with Crippen LogP contribution in [0.3, 0.4) is 0 Å². The van der Waals surface area contributed by atoms with Crippen molar-refractivity contribution in [3.63, 3.8) is 0 Å². The highest BCUT2D eigenvalue weighted by atomic mass is 16.4. The summed E-state index contributed by atoms with van der Waals surface area (Å²) in [5, 5.41) is 12.3. The van der Waals surface area contributed by atoms with Gasteiger partial charge in [0.15, 0.2) is 0 Å². The maximum atomic E-state index is 11.1. The Morgan fingerprint density at radius 1 is 1.41 bits per heavy atom. The van der Waals surface area contributed by atoms with Crippen LogP contribution in [0.15, 0.2) is 0 Å². The maximum Gasteiger partial charge on any atom is 0.323 e. The lowest BCUT2D eigenvalue weighted by Crippen LogP contribution is -2.46. The first-order chi connectivity index (χ1) is 7.99. The van der Waals surface area contributed by atoms with Crippen LogP contribution in [-0.2, 0) is 4.79 Å². The predicted molar refractivity (Wildman–Crippen MR) is 66.1 cm³/mol. The molecule has 2 atom stereocenters. The molecule has 0 aromatic carbocycles. The van der Waals surface area contributed by atoms with Gasteiger partial charge in [0.2, 0.25) is 0 Å². The molecule has 0 saturated carbocycles. The second-order valence-electron chi connectivity index (χ2n) is 5.69. The molecule has 0 bridgehead atoms. The lowest BCUT2D eigenvalue weighted by atomic mass is 9.94. The zero-order chi connectivity index (χ0) is 12.5. The second-order valence-corrected chi connectivity index (χ2v) is 5.69. The first-order valence-electron chi connectivity index (χ1n) is 6.39. The van der Waals surface area contributed by atoms with Crippen molar-refractivity contribution in [1.29, 1.82) is 0 Å². The summed E-state index contributed by atoms with van der Waals surface area (Å²) in [6.45, 7) is 8.11. The number of hydrogen-bond donors (Lipinski definition) is 2. The van der Waals surface area contributed by atoms with Crippen LogP contribution in [0.2, 0.25) is 0 Å². The molecule has 98 valence electrons. The van der Waals surface area contributed by atoms with Gasteiger partial charge in [-0.1, -0.05) is 0 Å². The van der Waals surface area contributed by atoms with E-state index in [1.165, 1.54) is 0 Å². The normalized spacial score (nSPS) is 36.2. The van der Waals surface area contributed by atoms with E-state index < -0.39 is 11.5 Å². The Balaban J connectivity index is 1.80. The first-order valence-corrected chi connectivity index (χ1v) is 6.39. The highest BCUT2D eigenvalue weighted by molar-refractivity contribution is 5.78. The molecular weight excluding hydrogens is 218 g/mol. The van der Waals surface area contributed by atoms with E-state index in [2.05, 4.69) is 22.2 Å². The van der Waals surface area contributed by atoms with Gasteiger partial charge in [-0.15, -0.1) is 0 Å². The van der Waals surface area contributed by atoms with Crippen molar-refractivity contribution < 1.29 is 9.90 Å². The molecule has 17 heavy (non-hydrogen) atoms. The molecule has 2 fully saturated rings. The van der Waals surface area contributed by atoms with E-state index in [-0.39, 0.29) is 0 Å². The third-order valence-electron chi connectivity index (χ3n) is 4.06. The van der Waals surface area contributed by atoms with Crippen molar-refractivity contribution in [2.45, 2.75) is 18.9 Å². The number of aliphatic carboxylic acids is 1. The largest absolute Gasteiger partial charge is 0.480 e. The molecule has 2 aliphatic rings. The van der Waals surface area contributed by atoms with Crippen LogP contribution in [0.5, 0.6) is 0 Å². The third kappa shape index (κ3) is 2.97. The predicted octanol–water partition coefficient (Wildman–Crippen LogP) is -0.313. The van der Waals surface area contributed by atoms with Crippen LogP contribution in [0.25, 0.3) is 0 Å². The molecule has 5 nitrogen and oxygen atoms in total. The Labute approximate surface area is 103 Å². The summed E-state index contributed by atoms with van der Waals surface area (Å²) < 4.78 is 0. The Bertz CT molecular complexity index is 289. The van der Waals surface area contributed by atoms with E-state index in [4.69, 9.17) is 5.11 Å². The van der Waals surface area contributed by atoms with Crippen molar-refractivity contribution in [2.24, 2.45) is 5.92 Å². The molecule has 0 radical (unpaired) electrons. The van der Waals surface area contributed by atoms with Gasteiger partial charge in [-0.3, -0.25) is 4.79 Å². The Morgan fingerprint density at radius 2 is 2.06 bits per heavy atom. The molecular formula is C12H23N3O2. The van der Waals surface area contributed by atoms with Crippen LogP contribution < -0.4 is 5.32 Å². The van der Waals surface area contributed by atoms with E-state index in [1.807, 2.05) is 0 Å². The maximum absolute atomic E-state index is 11.1. The number of likely N-dealkylation sites (N-methyl/N-ethyl adjacent to an activating group) is 1. The van der Waals surface area contributed by atoms with Crippen LogP contribution in [0.4, 0.5) is 0 Å². The van der Waals surface area contributed by atoms with Crippen molar-refractivity contribution in [1.82, 2.24) is 15.1 Å². The number of piperazine rings is 1. The lowest BCUT2D eigenvalue weighted by Gasteiger charge is -2.33. The van der Waals surface area contributed by atoms with Crippen molar-refractivity contribution in [3.05, 3.63) is 0 Å². The van der Waals surface area contributed by atoms with E-state index in [9.17, 15) is 4.79 Å². The quantitative estimate of drug-likeness (QED) is 0.710. The third-order valence-corrected chi connectivity index (χ3v) is 4.06. The summed E-state index contributed by atoms with van der Waals surface area (Å²) in [7, 11) is 2.15. The van der Waals surface area contributed by atoms with E-state index in [0.717, 1.165) is 45.7 Å². The van der Waals surface area contributed by atoms with Gasteiger partial charge in [-0.25, -0.2) is 0 Å². The molecule has 0 aromatic rings. The van der Waals surface area contributed by atoms with Crippen LogP contribution in [0, 0.1) is 5.92 Å². The SMILES string of the molecule is CN1CCN(CC2CNC(C)(C(=O)O)C2)CC1. The molecule has 0 aliphatic carbocycles. The highest BCUT2D eigenvalue weighted by Gasteiger charge is 2.41.